The molecule has 0 unspecified atom stereocenters. The Balaban J connectivity index is 1.59. The van der Waals surface area contributed by atoms with E-state index in [1.54, 1.807) is 24.3 Å². The third kappa shape index (κ3) is 4.33. The molecule has 0 heterocycles. The Morgan fingerprint density at radius 2 is 1.89 bits per heavy atom. The minimum Gasteiger partial charge on any atom is -0.465 e. The highest BCUT2D eigenvalue weighted by molar-refractivity contribution is 5.92. The summed E-state index contributed by atoms with van der Waals surface area (Å²) in [6.45, 7) is 0.266. The van der Waals surface area contributed by atoms with Crippen molar-refractivity contribution >= 4 is 23.4 Å². The first-order valence-corrected chi connectivity index (χ1v) is 8.27. The molecule has 1 aliphatic rings. The molecule has 27 heavy (non-hydrogen) atoms. The van der Waals surface area contributed by atoms with Gasteiger partial charge in [0, 0.05) is 12.2 Å². The minimum absolute atomic E-state index is 0.201. The molecule has 2 aromatic carbocycles. The number of hydrogen-bond acceptors (Lipinski definition) is 4. The van der Waals surface area contributed by atoms with Crippen molar-refractivity contribution in [1.82, 2.24) is 10.6 Å². The summed E-state index contributed by atoms with van der Waals surface area (Å²) in [6, 6.07) is 13.0. The first-order valence-electron chi connectivity index (χ1n) is 8.27. The van der Waals surface area contributed by atoms with Gasteiger partial charge >= 0.3 is 6.09 Å². The van der Waals surface area contributed by atoms with Gasteiger partial charge in [-0.3, -0.25) is 4.79 Å². The fourth-order valence-electron chi connectivity index (χ4n) is 2.67. The summed E-state index contributed by atoms with van der Waals surface area (Å²) in [7, 11) is 0. The molecule has 1 fully saturated rings. The summed E-state index contributed by atoms with van der Waals surface area (Å²) in [6.07, 6.45) is -0.227. The van der Waals surface area contributed by atoms with Crippen LogP contribution in [0.4, 0.5) is 20.6 Å². The van der Waals surface area contributed by atoms with E-state index >= 15 is 0 Å². The van der Waals surface area contributed by atoms with Crippen molar-refractivity contribution in [3.63, 3.8) is 0 Å². The van der Waals surface area contributed by atoms with E-state index in [9.17, 15) is 14.0 Å². The third-order valence-electron chi connectivity index (χ3n) is 4.32. The van der Waals surface area contributed by atoms with Gasteiger partial charge in [0.1, 0.15) is 17.4 Å². The first kappa shape index (κ1) is 18.2. The predicted octanol–water partition coefficient (Wildman–Crippen LogP) is 2.86. The lowest BCUT2D eigenvalue weighted by Crippen LogP contribution is -2.48. The molecule has 2 amide bonds. The van der Waals surface area contributed by atoms with Crippen LogP contribution in [-0.2, 0) is 11.3 Å². The number of carbonyl (C=O) groups is 2. The van der Waals surface area contributed by atoms with Gasteiger partial charge in [0.2, 0.25) is 5.91 Å². The average Bonchev–Trinajstić information content (AvgIpc) is 3.42. The van der Waals surface area contributed by atoms with E-state index in [1.807, 2.05) is 6.07 Å². The molecule has 0 radical (unpaired) electrons. The Hall–Kier alpha value is -3.60. The van der Waals surface area contributed by atoms with Crippen molar-refractivity contribution in [2.75, 3.05) is 5.32 Å². The van der Waals surface area contributed by atoms with Gasteiger partial charge in [0.15, 0.2) is 0 Å². The Bertz CT molecular complexity index is 918. The van der Waals surface area contributed by atoms with Crippen LogP contribution in [0.2, 0.25) is 0 Å². The SMILES string of the molecule is N#Cc1cc(F)ccc1Nc1ccc(CNC(=O)C2(NC(=O)O)CC2)cc1. The zero-order valence-electron chi connectivity index (χ0n) is 14.3. The maximum Gasteiger partial charge on any atom is 0.405 e. The molecule has 0 aromatic heterocycles. The Kier molecular flexibility index (Phi) is 4.94. The second kappa shape index (κ2) is 7.33. The van der Waals surface area contributed by atoms with Crippen LogP contribution in [0.5, 0.6) is 0 Å². The van der Waals surface area contributed by atoms with Gasteiger partial charge in [-0.1, -0.05) is 12.1 Å². The summed E-state index contributed by atoms with van der Waals surface area (Å²) >= 11 is 0. The molecule has 138 valence electrons. The van der Waals surface area contributed by atoms with Gasteiger partial charge in [0.25, 0.3) is 0 Å². The maximum atomic E-state index is 13.2. The number of halogens is 1. The number of nitrogens with zero attached hydrogens (tertiary/aromatic N) is 1. The third-order valence-corrected chi connectivity index (χ3v) is 4.32. The van der Waals surface area contributed by atoms with Crippen LogP contribution in [0.25, 0.3) is 0 Å². The van der Waals surface area contributed by atoms with Crippen LogP contribution in [0.15, 0.2) is 42.5 Å². The summed E-state index contributed by atoms with van der Waals surface area (Å²) in [5.41, 5.74) is 1.24. The molecular weight excluding hydrogens is 351 g/mol. The van der Waals surface area contributed by atoms with E-state index in [2.05, 4.69) is 16.0 Å². The molecule has 2 aromatic rings. The smallest absolute Gasteiger partial charge is 0.405 e. The van der Waals surface area contributed by atoms with E-state index in [0.717, 1.165) is 11.6 Å². The van der Waals surface area contributed by atoms with E-state index in [0.29, 0.717) is 24.2 Å². The van der Waals surface area contributed by atoms with Gasteiger partial charge in [-0.2, -0.15) is 5.26 Å². The van der Waals surface area contributed by atoms with Gasteiger partial charge in [-0.15, -0.1) is 0 Å². The zero-order valence-corrected chi connectivity index (χ0v) is 14.3. The number of rotatable bonds is 6. The van der Waals surface area contributed by atoms with Crippen LogP contribution < -0.4 is 16.0 Å². The standard InChI is InChI=1S/C19H17FN4O3/c20-14-3-6-16(13(9-14)10-21)23-15-4-1-12(2-5-15)11-22-17(25)19(7-8-19)24-18(26)27/h1-6,9,23-24H,7-8,11H2,(H,22,25)(H,26,27). The van der Waals surface area contributed by atoms with Gasteiger partial charge < -0.3 is 21.1 Å². The van der Waals surface area contributed by atoms with E-state index in [4.69, 9.17) is 10.4 Å². The Morgan fingerprint density at radius 1 is 1.19 bits per heavy atom. The van der Waals surface area contributed by atoms with Crippen LogP contribution in [0.1, 0.15) is 24.0 Å². The molecule has 0 saturated heterocycles. The zero-order chi connectivity index (χ0) is 19.4. The number of nitriles is 1. The molecule has 0 atom stereocenters. The Labute approximate surface area is 154 Å². The van der Waals surface area contributed by atoms with Crippen molar-refractivity contribution < 1.29 is 19.1 Å². The molecule has 0 aliphatic heterocycles. The number of amides is 2. The summed E-state index contributed by atoms with van der Waals surface area (Å²) in [5, 5.41) is 25.9. The molecule has 7 nitrogen and oxygen atoms in total. The highest BCUT2D eigenvalue weighted by Gasteiger charge is 2.51. The number of carbonyl (C=O) groups excluding carboxylic acids is 1. The van der Waals surface area contributed by atoms with Crippen molar-refractivity contribution in [2.24, 2.45) is 0 Å². The normalized spacial score (nSPS) is 13.9. The molecule has 1 aliphatic carbocycles. The molecule has 4 N–H and O–H groups in total. The van der Waals surface area contributed by atoms with Crippen LogP contribution >= 0.6 is 0 Å². The largest absolute Gasteiger partial charge is 0.465 e. The maximum absolute atomic E-state index is 13.2. The fraction of sp³-hybridized carbons (Fsp3) is 0.211. The second-order valence-electron chi connectivity index (χ2n) is 6.32. The molecule has 0 bridgehead atoms. The van der Waals surface area contributed by atoms with Gasteiger partial charge in [-0.05, 0) is 48.7 Å². The summed E-state index contributed by atoms with van der Waals surface area (Å²) in [5.74, 6) is -0.814. The lowest BCUT2D eigenvalue weighted by molar-refractivity contribution is -0.124. The number of nitrogens with one attached hydrogen (secondary N) is 3. The summed E-state index contributed by atoms with van der Waals surface area (Å²) < 4.78 is 13.2. The van der Waals surface area contributed by atoms with E-state index in [-0.39, 0.29) is 18.0 Å². The van der Waals surface area contributed by atoms with Gasteiger partial charge in [-0.25, -0.2) is 9.18 Å². The van der Waals surface area contributed by atoms with E-state index in [1.165, 1.54) is 12.1 Å². The topological polar surface area (TPSA) is 114 Å². The Morgan fingerprint density at radius 3 is 2.48 bits per heavy atom. The number of carboxylic acid groups (broad SMARTS) is 1. The minimum atomic E-state index is -1.21. The van der Waals surface area contributed by atoms with Crippen molar-refractivity contribution in [3.8, 4) is 6.07 Å². The predicted molar refractivity (Wildman–Crippen MR) is 95.8 cm³/mol. The van der Waals surface area contributed by atoms with Crippen molar-refractivity contribution in [3.05, 3.63) is 59.4 Å². The van der Waals surface area contributed by atoms with Crippen LogP contribution in [0, 0.1) is 17.1 Å². The van der Waals surface area contributed by atoms with Crippen LogP contribution in [-0.4, -0.2) is 22.6 Å². The van der Waals surface area contributed by atoms with Crippen molar-refractivity contribution in [2.45, 2.75) is 24.9 Å². The highest BCUT2D eigenvalue weighted by Crippen LogP contribution is 2.35. The van der Waals surface area contributed by atoms with Gasteiger partial charge in [0.05, 0.1) is 11.3 Å². The quantitative estimate of drug-likeness (QED) is 0.626. The number of benzene rings is 2. The molecular formula is C19H17FN4O3. The van der Waals surface area contributed by atoms with E-state index < -0.39 is 17.4 Å². The number of hydrogen-bond donors (Lipinski definition) is 4. The molecule has 3 rings (SSSR count). The number of anilines is 2. The molecule has 1 saturated carbocycles. The first-order chi connectivity index (χ1) is 12.9. The highest BCUT2D eigenvalue weighted by atomic mass is 19.1. The molecule has 8 heteroatoms. The summed E-state index contributed by atoms with van der Waals surface area (Å²) in [4.78, 5) is 22.9. The molecule has 0 spiro atoms. The fourth-order valence-corrected chi connectivity index (χ4v) is 2.67. The average molecular weight is 368 g/mol. The van der Waals surface area contributed by atoms with Crippen LogP contribution in [0.3, 0.4) is 0 Å². The van der Waals surface area contributed by atoms with Crippen molar-refractivity contribution in [1.29, 1.82) is 5.26 Å². The lowest BCUT2D eigenvalue weighted by Gasteiger charge is -2.15. The lowest BCUT2D eigenvalue weighted by atomic mass is 10.1. The second-order valence-corrected chi connectivity index (χ2v) is 6.32. The monoisotopic (exact) mass is 368 g/mol.